The van der Waals surface area contributed by atoms with E-state index in [1.165, 1.54) is 0 Å². The van der Waals surface area contributed by atoms with Gasteiger partial charge in [-0.3, -0.25) is 4.72 Å². The van der Waals surface area contributed by atoms with Crippen molar-refractivity contribution in [3.8, 4) is 0 Å². The Morgan fingerprint density at radius 1 is 1.18 bits per heavy atom. The third kappa shape index (κ3) is 2.86. The van der Waals surface area contributed by atoms with Crippen molar-refractivity contribution >= 4 is 32.9 Å². The van der Waals surface area contributed by atoms with Gasteiger partial charge in [-0.1, -0.05) is 18.2 Å². The Morgan fingerprint density at radius 2 is 1.91 bits per heavy atom. The van der Waals surface area contributed by atoms with E-state index >= 15 is 0 Å². The SMILES string of the molecule is Cc1c(Nc2ccccc2)c(NS(C)(=O)=O)nn2ccnc12. The van der Waals surface area contributed by atoms with Crippen LogP contribution >= 0.6 is 0 Å². The number of nitrogens with one attached hydrogen (secondary N) is 2. The summed E-state index contributed by atoms with van der Waals surface area (Å²) in [6.45, 7) is 1.86. The molecule has 8 heteroatoms. The van der Waals surface area contributed by atoms with Crippen LogP contribution in [0.1, 0.15) is 5.56 Å². The van der Waals surface area contributed by atoms with E-state index in [1.54, 1.807) is 16.9 Å². The van der Waals surface area contributed by atoms with Gasteiger partial charge in [-0.25, -0.2) is 17.9 Å². The predicted octanol–water partition coefficient (Wildman–Crippen LogP) is 2.15. The molecule has 114 valence electrons. The van der Waals surface area contributed by atoms with Crippen LogP contribution in [0.3, 0.4) is 0 Å². The van der Waals surface area contributed by atoms with Crippen molar-refractivity contribution in [1.29, 1.82) is 0 Å². The smallest absolute Gasteiger partial charge is 0.231 e. The van der Waals surface area contributed by atoms with Gasteiger partial charge in [0.1, 0.15) is 0 Å². The molecule has 0 saturated heterocycles. The Bertz CT molecular complexity index is 919. The summed E-state index contributed by atoms with van der Waals surface area (Å²) in [5.74, 6) is 0.231. The van der Waals surface area contributed by atoms with Crippen LogP contribution in [0.2, 0.25) is 0 Å². The van der Waals surface area contributed by atoms with Crippen LogP contribution in [-0.2, 0) is 10.0 Å². The highest BCUT2D eigenvalue weighted by Gasteiger charge is 2.16. The molecule has 1 aromatic carbocycles. The molecule has 2 heterocycles. The molecule has 0 aliphatic rings. The van der Waals surface area contributed by atoms with Crippen LogP contribution in [0, 0.1) is 6.92 Å². The highest BCUT2D eigenvalue weighted by molar-refractivity contribution is 7.92. The molecule has 3 aromatic rings. The molecule has 7 nitrogen and oxygen atoms in total. The van der Waals surface area contributed by atoms with Crippen molar-refractivity contribution in [1.82, 2.24) is 14.6 Å². The minimum absolute atomic E-state index is 0.231. The largest absolute Gasteiger partial charge is 0.352 e. The summed E-state index contributed by atoms with van der Waals surface area (Å²) in [7, 11) is -3.45. The third-order valence-corrected chi connectivity index (χ3v) is 3.67. The molecule has 0 aliphatic carbocycles. The fourth-order valence-electron chi connectivity index (χ4n) is 2.16. The molecule has 0 fully saturated rings. The summed E-state index contributed by atoms with van der Waals surface area (Å²) in [5.41, 5.74) is 2.88. The number of aryl methyl sites for hydroxylation is 1. The topological polar surface area (TPSA) is 88.4 Å². The maximum Gasteiger partial charge on any atom is 0.231 e. The van der Waals surface area contributed by atoms with E-state index in [9.17, 15) is 8.42 Å². The summed E-state index contributed by atoms with van der Waals surface area (Å²) in [5, 5.41) is 7.48. The maximum atomic E-state index is 11.6. The lowest BCUT2D eigenvalue weighted by Gasteiger charge is -2.15. The molecule has 0 bridgehead atoms. The van der Waals surface area contributed by atoms with Crippen LogP contribution < -0.4 is 10.0 Å². The summed E-state index contributed by atoms with van der Waals surface area (Å²) in [4.78, 5) is 4.24. The first kappa shape index (κ1) is 14.3. The lowest BCUT2D eigenvalue weighted by molar-refractivity contribution is 0.606. The number of anilines is 3. The second-order valence-electron chi connectivity index (χ2n) is 4.91. The fourth-order valence-corrected chi connectivity index (χ4v) is 2.65. The van der Waals surface area contributed by atoms with Gasteiger partial charge in [0.05, 0.1) is 11.9 Å². The summed E-state index contributed by atoms with van der Waals surface area (Å²) in [6.07, 6.45) is 4.38. The van der Waals surface area contributed by atoms with Gasteiger partial charge < -0.3 is 5.32 Å². The number of imidazole rings is 1. The van der Waals surface area contributed by atoms with E-state index in [1.807, 2.05) is 37.3 Å². The monoisotopic (exact) mass is 317 g/mol. The maximum absolute atomic E-state index is 11.6. The van der Waals surface area contributed by atoms with Gasteiger partial charge in [0.25, 0.3) is 0 Å². The zero-order chi connectivity index (χ0) is 15.7. The molecule has 0 saturated carbocycles. The molecular weight excluding hydrogens is 302 g/mol. The molecule has 0 amide bonds. The molecule has 0 unspecified atom stereocenters. The normalized spacial score (nSPS) is 11.5. The lowest BCUT2D eigenvalue weighted by atomic mass is 10.2. The minimum atomic E-state index is -3.45. The van der Waals surface area contributed by atoms with Gasteiger partial charge in [-0.2, -0.15) is 0 Å². The lowest BCUT2D eigenvalue weighted by Crippen LogP contribution is -2.15. The van der Waals surface area contributed by atoms with Crippen molar-refractivity contribution in [2.45, 2.75) is 6.92 Å². The van der Waals surface area contributed by atoms with Crippen molar-refractivity contribution in [3.05, 3.63) is 48.3 Å². The Morgan fingerprint density at radius 3 is 2.59 bits per heavy atom. The number of hydrogen-bond donors (Lipinski definition) is 2. The van der Waals surface area contributed by atoms with Crippen molar-refractivity contribution < 1.29 is 8.42 Å². The zero-order valence-electron chi connectivity index (χ0n) is 12.1. The molecule has 22 heavy (non-hydrogen) atoms. The molecule has 0 atom stereocenters. The third-order valence-electron chi connectivity index (χ3n) is 3.10. The van der Waals surface area contributed by atoms with E-state index in [0.29, 0.717) is 11.3 Å². The van der Waals surface area contributed by atoms with Crippen LogP contribution in [0.15, 0.2) is 42.7 Å². The first-order valence-corrected chi connectivity index (χ1v) is 8.47. The molecule has 3 rings (SSSR count). The zero-order valence-corrected chi connectivity index (χ0v) is 12.9. The molecular formula is C14H15N5O2S. The fraction of sp³-hybridized carbons (Fsp3) is 0.143. The van der Waals surface area contributed by atoms with E-state index < -0.39 is 10.0 Å². The van der Waals surface area contributed by atoms with Gasteiger partial charge in [-0.15, -0.1) is 5.10 Å². The average molecular weight is 317 g/mol. The van der Waals surface area contributed by atoms with Gasteiger partial charge in [-0.05, 0) is 19.1 Å². The quantitative estimate of drug-likeness (QED) is 0.770. The van der Waals surface area contributed by atoms with Crippen molar-refractivity contribution in [3.63, 3.8) is 0 Å². The highest BCUT2D eigenvalue weighted by atomic mass is 32.2. The van der Waals surface area contributed by atoms with Crippen molar-refractivity contribution in [2.24, 2.45) is 0 Å². The average Bonchev–Trinajstić information content (AvgIpc) is 2.91. The molecule has 2 N–H and O–H groups in total. The second kappa shape index (κ2) is 5.30. The number of benzene rings is 1. The molecule has 2 aromatic heterocycles. The van der Waals surface area contributed by atoms with Crippen LogP contribution in [0.5, 0.6) is 0 Å². The van der Waals surface area contributed by atoms with Crippen LogP contribution in [0.25, 0.3) is 5.65 Å². The predicted molar refractivity (Wildman–Crippen MR) is 85.9 cm³/mol. The van der Waals surface area contributed by atoms with Gasteiger partial charge in [0.15, 0.2) is 11.5 Å². The first-order chi connectivity index (χ1) is 10.4. The van der Waals surface area contributed by atoms with Gasteiger partial charge in [0, 0.05) is 23.6 Å². The number of sulfonamides is 1. The van der Waals surface area contributed by atoms with E-state index in [0.717, 1.165) is 17.5 Å². The minimum Gasteiger partial charge on any atom is -0.352 e. The summed E-state index contributed by atoms with van der Waals surface area (Å²) >= 11 is 0. The first-order valence-electron chi connectivity index (χ1n) is 6.58. The Balaban J connectivity index is 2.16. The van der Waals surface area contributed by atoms with Gasteiger partial charge in [0.2, 0.25) is 10.0 Å². The molecule has 0 aliphatic heterocycles. The van der Waals surface area contributed by atoms with E-state index in [4.69, 9.17) is 0 Å². The summed E-state index contributed by atoms with van der Waals surface area (Å²) < 4.78 is 27.2. The van der Waals surface area contributed by atoms with Crippen LogP contribution in [0.4, 0.5) is 17.2 Å². The number of fused-ring (bicyclic) bond motifs is 1. The Kier molecular flexibility index (Phi) is 3.45. The summed E-state index contributed by atoms with van der Waals surface area (Å²) in [6, 6.07) is 9.47. The number of aromatic nitrogens is 3. The van der Waals surface area contributed by atoms with Crippen LogP contribution in [-0.4, -0.2) is 29.3 Å². The van der Waals surface area contributed by atoms with E-state index in [-0.39, 0.29) is 5.82 Å². The number of nitrogens with zero attached hydrogens (tertiary/aromatic N) is 3. The standard InChI is InChI=1S/C14H15N5O2S/c1-10-12(16-11-6-4-3-5-7-11)13(18-22(2,20)21)17-19-9-8-15-14(10)19/h3-9,16H,1-2H3,(H,17,18). The Hall–Kier alpha value is -2.61. The van der Waals surface area contributed by atoms with E-state index in [2.05, 4.69) is 20.1 Å². The Labute approximate surface area is 128 Å². The second-order valence-corrected chi connectivity index (χ2v) is 6.66. The number of hydrogen-bond acceptors (Lipinski definition) is 5. The van der Waals surface area contributed by atoms with Gasteiger partial charge >= 0.3 is 0 Å². The molecule has 0 spiro atoms. The number of para-hydroxylation sites is 1. The molecule has 0 radical (unpaired) electrons. The van der Waals surface area contributed by atoms with Crippen molar-refractivity contribution in [2.75, 3.05) is 16.3 Å². The highest BCUT2D eigenvalue weighted by Crippen LogP contribution is 2.29. The number of rotatable bonds is 4.